The number of fused-ring (bicyclic) bond motifs is 1. The van der Waals surface area contributed by atoms with Crippen molar-refractivity contribution in [2.75, 3.05) is 13.2 Å². The predicted octanol–water partition coefficient (Wildman–Crippen LogP) is -1.31. The van der Waals surface area contributed by atoms with Crippen molar-refractivity contribution in [3.8, 4) is 0 Å². The molecule has 1 saturated heterocycles. The number of nitrogens with one attached hydrogen (secondary N) is 1. The van der Waals surface area contributed by atoms with E-state index in [2.05, 4.69) is 5.32 Å². The number of nitrogens with two attached hydrogens (primary N) is 1. The van der Waals surface area contributed by atoms with E-state index in [-0.39, 0.29) is 12.0 Å². The summed E-state index contributed by atoms with van der Waals surface area (Å²) >= 11 is 0. The molecule has 2 fully saturated rings. The molecule has 108 valence electrons. The number of carboxylic acid groups (broad SMARTS) is 1. The number of aliphatic hydroxyl groups is 1. The van der Waals surface area contributed by atoms with Crippen LogP contribution in [0.25, 0.3) is 0 Å². The second-order valence-corrected chi connectivity index (χ2v) is 5.82. The van der Waals surface area contributed by atoms with Crippen LogP contribution in [-0.4, -0.2) is 53.0 Å². The zero-order chi connectivity index (χ0) is 14.4. The van der Waals surface area contributed by atoms with Gasteiger partial charge in [-0.15, -0.1) is 0 Å². The van der Waals surface area contributed by atoms with Gasteiger partial charge < -0.3 is 26.0 Å². The van der Waals surface area contributed by atoms with E-state index in [9.17, 15) is 9.59 Å². The third kappa shape index (κ3) is 1.76. The Morgan fingerprint density at radius 1 is 1.53 bits per heavy atom. The van der Waals surface area contributed by atoms with Crippen molar-refractivity contribution < 1.29 is 24.5 Å². The van der Waals surface area contributed by atoms with Crippen LogP contribution in [0.5, 0.6) is 0 Å². The first-order valence-corrected chi connectivity index (χ1v) is 6.32. The van der Waals surface area contributed by atoms with Gasteiger partial charge in [0.2, 0.25) is 5.91 Å². The number of carbonyl (C=O) groups is 2. The molecule has 1 aliphatic carbocycles. The van der Waals surface area contributed by atoms with Gasteiger partial charge >= 0.3 is 5.97 Å². The maximum absolute atomic E-state index is 12.3. The molecule has 0 radical (unpaired) electrons. The van der Waals surface area contributed by atoms with E-state index < -0.39 is 35.5 Å². The maximum Gasteiger partial charge on any atom is 0.328 e. The average Bonchev–Trinajstić information content (AvgIpc) is 2.81. The second-order valence-electron chi connectivity index (χ2n) is 5.82. The predicted molar refractivity (Wildman–Crippen MR) is 65.2 cm³/mol. The number of aliphatic carboxylic acids is 1. The summed E-state index contributed by atoms with van der Waals surface area (Å²) in [6, 6.07) is -1.33. The molecular weight excluding hydrogens is 252 g/mol. The van der Waals surface area contributed by atoms with Crippen molar-refractivity contribution in [2.24, 2.45) is 17.1 Å². The molecule has 19 heavy (non-hydrogen) atoms. The number of amides is 1. The lowest BCUT2D eigenvalue weighted by Gasteiger charge is -2.60. The third-order valence-electron chi connectivity index (χ3n) is 4.62. The summed E-state index contributed by atoms with van der Waals surface area (Å²) in [5, 5.41) is 20.1. The first-order valence-electron chi connectivity index (χ1n) is 6.32. The number of rotatable bonds is 4. The summed E-state index contributed by atoms with van der Waals surface area (Å²) in [6.07, 6.45) is 0.621. The fourth-order valence-electron chi connectivity index (χ4n) is 3.31. The van der Waals surface area contributed by atoms with E-state index >= 15 is 0 Å². The lowest BCUT2D eigenvalue weighted by atomic mass is 9.48. The number of hydrogen-bond acceptors (Lipinski definition) is 5. The topological polar surface area (TPSA) is 122 Å². The SMILES string of the molecule is CC1(C)C2OCCC2C1(N)C(=O)N[C@H](CO)C(=O)O. The van der Waals surface area contributed by atoms with Crippen molar-refractivity contribution >= 4 is 11.9 Å². The van der Waals surface area contributed by atoms with Crippen LogP contribution >= 0.6 is 0 Å². The molecule has 1 saturated carbocycles. The van der Waals surface area contributed by atoms with Gasteiger partial charge in [0.15, 0.2) is 0 Å². The van der Waals surface area contributed by atoms with Gasteiger partial charge in [-0.25, -0.2) is 4.79 Å². The molecule has 1 heterocycles. The molecule has 0 aromatic rings. The van der Waals surface area contributed by atoms with E-state index in [1.54, 1.807) is 0 Å². The first-order chi connectivity index (χ1) is 8.76. The molecule has 3 unspecified atom stereocenters. The molecule has 0 spiro atoms. The molecule has 0 bridgehead atoms. The maximum atomic E-state index is 12.3. The highest BCUT2D eigenvalue weighted by molar-refractivity contribution is 5.92. The first kappa shape index (κ1) is 14.2. The molecule has 4 atom stereocenters. The van der Waals surface area contributed by atoms with Gasteiger partial charge in [0.1, 0.15) is 11.6 Å². The van der Waals surface area contributed by atoms with Gasteiger partial charge in [0.05, 0.1) is 12.7 Å². The second kappa shape index (κ2) is 4.43. The fourth-order valence-corrected chi connectivity index (χ4v) is 3.31. The van der Waals surface area contributed by atoms with E-state index in [1.807, 2.05) is 13.8 Å². The zero-order valence-corrected chi connectivity index (χ0v) is 11.0. The van der Waals surface area contributed by atoms with Crippen molar-refractivity contribution in [1.29, 1.82) is 0 Å². The molecule has 7 heteroatoms. The van der Waals surface area contributed by atoms with Crippen LogP contribution in [0.3, 0.4) is 0 Å². The lowest BCUT2D eigenvalue weighted by Crippen LogP contribution is -2.80. The van der Waals surface area contributed by atoms with Gasteiger partial charge in [-0.2, -0.15) is 0 Å². The van der Waals surface area contributed by atoms with Crippen molar-refractivity contribution in [1.82, 2.24) is 5.32 Å². The molecular formula is C12H20N2O5. The molecule has 0 aromatic carbocycles. The third-order valence-corrected chi connectivity index (χ3v) is 4.62. The van der Waals surface area contributed by atoms with Gasteiger partial charge in [-0.05, 0) is 6.42 Å². The molecule has 2 rings (SSSR count). The normalized spacial score (nSPS) is 37.1. The summed E-state index contributed by atoms with van der Waals surface area (Å²) < 4.78 is 5.57. The minimum atomic E-state index is -1.33. The lowest BCUT2D eigenvalue weighted by molar-refractivity contribution is -0.177. The molecule has 5 N–H and O–H groups in total. The summed E-state index contributed by atoms with van der Waals surface area (Å²) in [5.41, 5.74) is 4.53. The van der Waals surface area contributed by atoms with Crippen molar-refractivity contribution in [3.63, 3.8) is 0 Å². The van der Waals surface area contributed by atoms with E-state index in [0.29, 0.717) is 13.0 Å². The van der Waals surface area contributed by atoms with Crippen LogP contribution in [0.15, 0.2) is 0 Å². The van der Waals surface area contributed by atoms with E-state index in [1.165, 1.54) is 0 Å². The van der Waals surface area contributed by atoms with Crippen LogP contribution in [0, 0.1) is 11.3 Å². The summed E-state index contributed by atoms with van der Waals surface area (Å²) in [4.78, 5) is 23.2. The van der Waals surface area contributed by atoms with Crippen LogP contribution < -0.4 is 11.1 Å². The number of aliphatic hydroxyl groups excluding tert-OH is 1. The quantitative estimate of drug-likeness (QED) is 0.504. The highest BCUT2D eigenvalue weighted by Crippen LogP contribution is 2.58. The largest absolute Gasteiger partial charge is 0.480 e. The minimum absolute atomic E-state index is 0.0688. The summed E-state index contributed by atoms with van der Waals surface area (Å²) in [6.45, 7) is 3.58. The Kier molecular flexibility index (Phi) is 3.32. The Balaban J connectivity index is 2.16. The van der Waals surface area contributed by atoms with Gasteiger partial charge in [-0.3, -0.25) is 4.79 Å². The van der Waals surface area contributed by atoms with Crippen LogP contribution in [0.2, 0.25) is 0 Å². The Morgan fingerprint density at radius 3 is 2.68 bits per heavy atom. The van der Waals surface area contributed by atoms with Gasteiger partial charge in [-0.1, -0.05) is 13.8 Å². The van der Waals surface area contributed by atoms with E-state index in [0.717, 1.165) is 0 Å². The Hall–Kier alpha value is -1.18. The number of hydrogen-bond donors (Lipinski definition) is 4. The van der Waals surface area contributed by atoms with Gasteiger partial charge in [0.25, 0.3) is 0 Å². The van der Waals surface area contributed by atoms with E-state index in [4.69, 9.17) is 20.7 Å². The van der Waals surface area contributed by atoms with Gasteiger partial charge in [0, 0.05) is 17.9 Å². The molecule has 0 aromatic heterocycles. The molecule has 1 aliphatic heterocycles. The fraction of sp³-hybridized carbons (Fsp3) is 0.833. The van der Waals surface area contributed by atoms with Crippen molar-refractivity contribution in [3.05, 3.63) is 0 Å². The smallest absolute Gasteiger partial charge is 0.328 e. The highest BCUT2D eigenvalue weighted by atomic mass is 16.5. The monoisotopic (exact) mass is 272 g/mol. The molecule has 7 nitrogen and oxygen atoms in total. The van der Waals surface area contributed by atoms with Crippen LogP contribution in [-0.2, 0) is 14.3 Å². The molecule has 1 amide bonds. The Bertz CT molecular complexity index is 411. The van der Waals surface area contributed by atoms with Crippen LogP contribution in [0.1, 0.15) is 20.3 Å². The number of carboxylic acids is 1. The minimum Gasteiger partial charge on any atom is -0.480 e. The number of ether oxygens (including phenoxy) is 1. The summed E-state index contributed by atoms with van der Waals surface area (Å²) in [5.74, 6) is -1.92. The standard InChI is InChI=1S/C12H20N2O5/c1-11(2)8-6(3-4-19-8)12(11,13)10(18)14-7(5-15)9(16)17/h6-8,15H,3-5,13H2,1-2H3,(H,14,18)(H,16,17)/t6?,7-,8?,12?/m1/s1. The Morgan fingerprint density at radius 2 is 2.16 bits per heavy atom. The summed E-state index contributed by atoms with van der Waals surface area (Å²) in [7, 11) is 0. The zero-order valence-electron chi connectivity index (χ0n) is 11.0. The van der Waals surface area contributed by atoms with Crippen molar-refractivity contribution in [2.45, 2.75) is 38.0 Å². The average molecular weight is 272 g/mol. The molecule has 2 aliphatic rings. The van der Waals surface area contributed by atoms with Crippen LogP contribution in [0.4, 0.5) is 0 Å². The highest BCUT2D eigenvalue weighted by Gasteiger charge is 2.71. The Labute approximate surface area is 111 Å². The number of carbonyl (C=O) groups excluding carboxylic acids is 1.